The Morgan fingerprint density at radius 3 is 2.10 bits per heavy atom. The van der Waals surface area contributed by atoms with Crippen molar-refractivity contribution in [2.45, 2.75) is 132 Å². The molecule has 1 heterocycles. The Labute approximate surface area is 256 Å². The normalized spacial score (nSPS) is 20.1. The van der Waals surface area contributed by atoms with Crippen LogP contribution in [-0.2, 0) is 9.59 Å². The van der Waals surface area contributed by atoms with E-state index in [1.54, 1.807) is 0 Å². The molecule has 1 saturated carbocycles. The predicted molar refractivity (Wildman–Crippen MR) is 176 cm³/mol. The highest BCUT2D eigenvalue weighted by atomic mass is 19.1. The molecule has 3 rings (SSSR count). The van der Waals surface area contributed by atoms with E-state index in [1.807, 2.05) is 0 Å². The number of nitrogens with two attached hydrogens (primary N) is 1. The Balaban J connectivity index is 0.000000686. The number of alkyl halides is 1. The lowest BCUT2D eigenvalue weighted by Crippen LogP contribution is -2.48. The molecule has 0 bridgehead atoms. The molecule has 2 atom stereocenters. The molecule has 240 valence electrons. The number of aliphatic imine (C=N–C) groups is 1. The van der Waals surface area contributed by atoms with Gasteiger partial charge in [-0.15, -0.1) is 0 Å². The summed E-state index contributed by atoms with van der Waals surface area (Å²) in [6.07, 6.45) is 6.71. The van der Waals surface area contributed by atoms with E-state index in [0.29, 0.717) is 24.1 Å². The molecule has 42 heavy (non-hydrogen) atoms. The van der Waals surface area contributed by atoms with Crippen molar-refractivity contribution in [3.05, 3.63) is 46.2 Å². The van der Waals surface area contributed by atoms with E-state index in [4.69, 9.17) is 5.73 Å². The Morgan fingerprint density at radius 1 is 1.07 bits per heavy atom. The van der Waals surface area contributed by atoms with Gasteiger partial charge in [0.1, 0.15) is 11.9 Å². The second kappa shape index (κ2) is 22.1. The van der Waals surface area contributed by atoms with Gasteiger partial charge in [0.05, 0.1) is 19.2 Å². The van der Waals surface area contributed by atoms with Gasteiger partial charge in [-0.25, -0.2) is 4.39 Å². The summed E-state index contributed by atoms with van der Waals surface area (Å²) in [5.74, 6) is 0.441. The number of aryl methyl sites for hydroxylation is 2. The number of aliphatic hydroxyl groups is 1. The van der Waals surface area contributed by atoms with E-state index in [1.165, 1.54) is 60.6 Å². The van der Waals surface area contributed by atoms with Gasteiger partial charge in [0.2, 0.25) is 0 Å². The summed E-state index contributed by atoms with van der Waals surface area (Å²) in [5.41, 5.74) is 11.6. The number of aliphatic hydroxyl groups excluding tert-OH is 1. The topological polar surface area (TPSA) is 96.0 Å². The van der Waals surface area contributed by atoms with Gasteiger partial charge >= 0.3 is 0 Å². The number of piperidine rings is 1. The summed E-state index contributed by atoms with van der Waals surface area (Å²) in [6, 6.07) is 6.38. The van der Waals surface area contributed by atoms with Crippen LogP contribution in [0, 0.1) is 26.7 Å². The number of benzene rings is 1. The maximum absolute atomic E-state index is 13.6. The summed E-state index contributed by atoms with van der Waals surface area (Å²) in [4.78, 5) is 29.0. The van der Waals surface area contributed by atoms with Crippen molar-refractivity contribution in [3.8, 4) is 0 Å². The lowest BCUT2D eigenvalue weighted by atomic mass is 10.0. The molecule has 0 aromatic heterocycles. The maximum Gasteiger partial charge on any atom is 0.270 e. The largest absolute Gasteiger partial charge is 0.394 e. The van der Waals surface area contributed by atoms with Crippen molar-refractivity contribution in [1.29, 1.82) is 0 Å². The number of rotatable bonds is 7. The average Bonchev–Trinajstić information content (AvgIpc) is 3.44. The van der Waals surface area contributed by atoms with Crippen LogP contribution in [0.1, 0.15) is 116 Å². The van der Waals surface area contributed by atoms with E-state index in [9.17, 15) is 19.1 Å². The van der Waals surface area contributed by atoms with E-state index < -0.39 is 18.2 Å². The number of hydrogen-bond acceptors (Lipinski definition) is 5. The van der Waals surface area contributed by atoms with E-state index in [-0.39, 0.29) is 37.5 Å². The molecule has 6 nitrogen and oxygen atoms in total. The highest BCUT2D eigenvalue weighted by molar-refractivity contribution is 6.09. The van der Waals surface area contributed by atoms with E-state index >= 15 is 0 Å². The Kier molecular flexibility index (Phi) is 20.7. The fourth-order valence-corrected chi connectivity index (χ4v) is 4.29. The van der Waals surface area contributed by atoms with Gasteiger partial charge in [-0.3, -0.25) is 14.6 Å². The van der Waals surface area contributed by atoms with Crippen LogP contribution >= 0.6 is 0 Å². The minimum atomic E-state index is -1.44. The molecule has 0 unspecified atom stereocenters. The van der Waals surface area contributed by atoms with Crippen LogP contribution in [0.25, 0.3) is 0 Å². The first-order valence-electron chi connectivity index (χ1n) is 16.0. The highest BCUT2D eigenvalue weighted by Crippen LogP contribution is 2.25. The number of ketones is 1. The second-order valence-corrected chi connectivity index (χ2v) is 11.9. The number of carbonyl (C=O) groups is 2. The lowest BCUT2D eigenvalue weighted by molar-refractivity contribution is -0.131. The van der Waals surface area contributed by atoms with Crippen molar-refractivity contribution < 1.29 is 19.1 Å². The first-order valence-corrected chi connectivity index (χ1v) is 16.0. The van der Waals surface area contributed by atoms with Crippen molar-refractivity contribution in [3.63, 3.8) is 0 Å². The second-order valence-electron chi connectivity index (χ2n) is 11.9. The van der Waals surface area contributed by atoms with Gasteiger partial charge in [-0.05, 0) is 76.0 Å². The number of nitrogens with zero attached hydrogens (tertiary/aromatic N) is 2. The van der Waals surface area contributed by atoms with Crippen LogP contribution in [0.2, 0.25) is 0 Å². The zero-order valence-electron chi connectivity index (χ0n) is 28.1. The fourth-order valence-electron chi connectivity index (χ4n) is 4.29. The van der Waals surface area contributed by atoms with Gasteiger partial charge in [-0.2, -0.15) is 0 Å². The molecule has 1 saturated heterocycles. The molecule has 1 aromatic rings. The molecule has 0 radical (unpaired) electrons. The SMILES string of the molecule is CC(=O)CN=C1CCC/C1=C(/N)C(=O)N1CC[C@H](O)[C@H](F)C1.CCCC.CCCCC(C)C.Cc1cccc(C)c1C. The zero-order chi connectivity index (χ0) is 32.2. The number of carbonyl (C=O) groups excluding carboxylic acids is 2. The first-order chi connectivity index (χ1) is 19.8. The molecule has 3 N–H and O–H groups in total. The predicted octanol–water partition coefficient (Wildman–Crippen LogP) is 7.60. The molecule has 2 fully saturated rings. The summed E-state index contributed by atoms with van der Waals surface area (Å²) >= 11 is 0. The summed E-state index contributed by atoms with van der Waals surface area (Å²) in [6.45, 7) is 19.3. The van der Waals surface area contributed by atoms with Crippen molar-refractivity contribution in [1.82, 2.24) is 4.90 Å². The standard InChI is InChI=1S/C15H22FN3O3.C9H12.C7H16.C4H10/c1-9(20)7-18-12-4-2-3-10(12)14(17)15(22)19-6-5-13(21)11(16)8-19;1-7-5-4-6-8(2)9(7)3;1-4-5-6-7(2)3;1-3-4-2/h11,13,21H,2-8,17H2,1H3;4-6H,1-3H3;7H,4-6H2,1-3H3;3-4H2,1-2H3/b14-10-,18-12?;;;/t11-,13+;;;/m1.../s1. The van der Waals surface area contributed by atoms with Crippen LogP contribution in [-0.4, -0.2) is 59.3 Å². The van der Waals surface area contributed by atoms with Crippen molar-refractivity contribution in [2.24, 2.45) is 16.6 Å². The molecule has 1 aliphatic carbocycles. The quantitative estimate of drug-likeness (QED) is 0.320. The number of likely N-dealkylation sites (tertiary alicyclic amines) is 1. The van der Waals surface area contributed by atoms with Crippen LogP contribution in [0.15, 0.2) is 34.5 Å². The molecule has 1 aromatic carbocycles. The number of halogens is 1. The molecule has 2 aliphatic rings. The Morgan fingerprint density at radius 2 is 1.67 bits per heavy atom. The van der Waals surface area contributed by atoms with Crippen LogP contribution in [0.4, 0.5) is 4.39 Å². The van der Waals surface area contributed by atoms with Gasteiger partial charge in [0.15, 0.2) is 5.78 Å². The van der Waals surface area contributed by atoms with Crippen molar-refractivity contribution in [2.75, 3.05) is 19.6 Å². The third-order valence-electron chi connectivity index (χ3n) is 7.54. The molecular weight excluding hydrogens is 529 g/mol. The van der Waals surface area contributed by atoms with Gasteiger partial charge in [-0.1, -0.05) is 84.9 Å². The van der Waals surface area contributed by atoms with Gasteiger partial charge in [0, 0.05) is 17.8 Å². The third-order valence-corrected chi connectivity index (χ3v) is 7.54. The van der Waals surface area contributed by atoms with Crippen LogP contribution < -0.4 is 5.73 Å². The number of amides is 1. The van der Waals surface area contributed by atoms with E-state index in [2.05, 4.69) is 78.6 Å². The minimum absolute atomic E-state index is 0.0473. The summed E-state index contributed by atoms with van der Waals surface area (Å²) in [5, 5.41) is 9.38. The smallest absolute Gasteiger partial charge is 0.270 e. The lowest BCUT2D eigenvalue weighted by Gasteiger charge is -2.32. The number of hydrogen-bond donors (Lipinski definition) is 2. The van der Waals surface area contributed by atoms with Crippen molar-refractivity contribution >= 4 is 17.4 Å². The number of allylic oxidation sites excluding steroid dienone is 1. The first kappa shape index (κ1) is 39.5. The summed E-state index contributed by atoms with van der Waals surface area (Å²) < 4.78 is 13.6. The molecule has 1 aliphatic heterocycles. The van der Waals surface area contributed by atoms with Crippen LogP contribution in [0.3, 0.4) is 0 Å². The molecular formula is C35H60FN3O3. The third kappa shape index (κ3) is 15.6. The van der Waals surface area contributed by atoms with Gasteiger partial charge in [0.25, 0.3) is 5.91 Å². The number of Topliss-reactive ketones (excluding diaryl/α,β-unsaturated/α-hetero) is 1. The fraction of sp³-hybridized carbons (Fsp3) is 0.686. The number of unbranched alkanes of at least 4 members (excludes halogenated alkanes) is 2. The minimum Gasteiger partial charge on any atom is -0.394 e. The molecule has 1 amide bonds. The maximum atomic E-state index is 13.6. The highest BCUT2D eigenvalue weighted by Gasteiger charge is 2.32. The zero-order valence-corrected chi connectivity index (χ0v) is 28.1. The van der Waals surface area contributed by atoms with Gasteiger partial charge < -0.3 is 15.7 Å². The van der Waals surface area contributed by atoms with Crippen LogP contribution in [0.5, 0.6) is 0 Å². The summed E-state index contributed by atoms with van der Waals surface area (Å²) in [7, 11) is 0. The van der Waals surface area contributed by atoms with E-state index in [0.717, 1.165) is 12.3 Å². The monoisotopic (exact) mass is 589 g/mol. The Bertz CT molecular complexity index is 981. The average molecular weight is 590 g/mol. The Hall–Kier alpha value is -2.54. The molecule has 0 spiro atoms. The molecule has 7 heteroatoms.